The molecule has 5 aliphatic carbocycles. The maximum absolute atomic E-state index is 13.2. The van der Waals surface area contributed by atoms with Crippen LogP contribution < -0.4 is 10.2 Å². The van der Waals surface area contributed by atoms with Crippen LogP contribution in [0, 0.1) is 23.2 Å². The highest BCUT2D eigenvalue weighted by molar-refractivity contribution is 5.95. The van der Waals surface area contributed by atoms with Gasteiger partial charge >= 0.3 is 0 Å². The molecule has 4 nitrogen and oxygen atoms in total. The lowest BCUT2D eigenvalue weighted by Gasteiger charge is -2.55. The first-order valence-corrected chi connectivity index (χ1v) is 11.6. The maximum atomic E-state index is 13.2. The highest BCUT2D eigenvalue weighted by Gasteiger charge is 2.54. The fraction of sp³-hybridized carbons (Fsp3) is 0.708. The molecule has 4 heteroatoms. The molecular weight excluding hydrogens is 346 g/mol. The number of piperazine rings is 1. The Morgan fingerprint density at radius 3 is 1.96 bits per heavy atom. The number of benzene rings is 1. The molecule has 1 aromatic carbocycles. The Morgan fingerprint density at radius 2 is 1.43 bits per heavy atom. The van der Waals surface area contributed by atoms with Crippen molar-refractivity contribution in [3.8, 4) is 0 Å². The molecule has 5 saturated carbocycles. The van der Waals surface area contributed by atoms with Crippen LogP contribution in [0.15, 0.2) is 24.3 Å². The molecule has 1 aliphatic heterocycles. The van der Waals surface area contributed by atoms with Gasteiger partial charge in [0.25, 0.3) is 0 Å². The molecule has 4 bridgehead atoms. The fourth-order valence-electron chi connectivity index (χ4n) is 7.19. The molecule has 7 rings (SSSR count). The van der Waals surface area contributed by atoms with Crippen molar-refractivity contribution in [2.45, 2.75) is 57.4 Å². The summed E-state index contributed by atoms with van der Waals surface area (Å²) >= 11 is 0. The van der Waals surface area contributed by atoms with E-state index in [-0.39, 0.29) is 5.41 Å². The number of rotatable bonds is 4. The first kappa shape index (κ1) is 17.3. The van der Waals surface area contributed by atoms with Gasteiger partial charge in [0.1, 0.15) is 0 Å². The van der Waals surface area contributed by atoms with Gasteiger partial charge < -0.3 is 10.2 Å². The van der Waals surface area contributed by atoms with Crippen LogP contribution >= 0.6 is 0 Å². The molecule has 0 spiro atoms. The Kier molecular flexibility index (Phi) is 4.01. The monoisotopic (exact) mass is 379 g/mol. The number of hydrogen-bond donors (Lipinski definition) is 1. The van der Waals surface area contributed by atoms with E-state index in [1.54, 1.807) is 0 Å². The quantitative estimate of drug-likeness (QED) is 0.855. The Hall–Kier alpha value is -1.55. The van der Waals surface area contributed by atoms with Gasteiger partial charge in [-0.25, -0.2) is 0 Å². The van der Waals surface area contributed by atoms with E-state index in [1.165, 1.54) is 50.9 Å². The number of nitrogens with zero attached hydrogens (tertiary/aromatic N) is 2. The van der Waals surface area contributed by atoms with Crippen LogP contribution in [0.1, 0.15) is 51.4 Å². The number of anilines is 2. The number of hydrogen-bond acceptors (Lipinski definition) is 3. The van der Waals surface area contributed by atoms with Gasteiger partial charge in [0.05, 0.1) is 5.41 Å². The van der Waals surface area contributed by atoms with E-state index in [1.807, 2.05) is 0 Å². The number of carbonyl (C=O) groups excluding carboxylic acids is 1. The van der Waals surface area contributed by atoms with Gasteiger partial charge in [0, 0.05) is 43.6 Å². The standard InChI is InChI=1S/C24H33N3O/c28-23(24-14-17-11-18(15-24)13-19(12-17)16-24)25-20-1-3-21(4-2-20)26-7-9-27(10-8-26)22-5-6-22/h1-4,17-19,22H,5-16H2,(H,25,28). The first-order valence-electron chi connectivity index (χ1n) is 11.6. The van der Waals surface area contributed by atoms with E-state index in [0.29, 0.717) is 5.91 Å². The minimum absolute atomic E-state index is 0.0629. The molecule has 0 unspecified atom stereocenters. The molecule has 28 heavy (non-hydrogen) atoms. The zero-order valence-corrected chi connectivity index (χ0v) is 16.9. The van der Waals surface area contributed by atoms with Crippen LogP contribution in [0.5, 0.6) is 0 Å². The van der Waals surface area contributed by atoms with E-state index in [4.69, 9.17) is 0 Å². The third-order valence-electron chi connectivity index (χ3n) is 8.39. The van der Waals surface area contributed by atoms with Crippen molar-refractivity contribution < 1.29 is 4.79 Å². The number of nitrogens with one attached hydrogen (secondary N) is 1. The maximum Gasteiger partial charge on any atom is 0.230 e. The van der Waals surface area contributed by atoms with Gasteiger partial charge in [-0.1, -0.05) is 0 Å². The molecular formula is C24H33N3O. The average Bonchev–Trinajstić information content (AvgIpc) is 3.53. The SMILES string of the molecule is O=C(Nc1ccc(N2CCN(C3CC3)CC2)cc1)C12CC3CC(CC(C3)C1)C2. The molecule has 0 radical (unpaired) electrons. The van der Waals surface area contributed by atoms with Crippen LogP contribution in [-0.4, -0.2) is 43.0 Å². The molecule has 1 N–H and O–H groups in total. The summed E-state index contributed by atoms with van der Waals surface area (Å²) < 4.78 is 0. The van der Waals surface area contributed by atoms with E-state index in [9.17, 15) is 4.79 Å². The van der Waals surface area contributed by atoms with Crippen molar-refractivity contribution in [2.75, 3.05) is 36.4 Å². The van der Waals surface area contributed by atoms with Gasteiger partial charge in [-0.05, 0) is 93.4 Å². The fourth-order valence-corrected chi connectivity index (χ4v) is 7.19. The number of carbonyl (C=O) groups is 1. The van der Waals surface area contributed by atoms with Crippen molar-refractivity contribution in [1.82, 2.24) is 4.90 Å². The van der Waals surface area contributed by atoms with Crippen LogP contribution in [0.25, 0.3) is 0 Å². The summed E-state index contributed by atoms with van der Waals surface area (Å²) in [5.41, 5.74) is 2.20. The van der Waals surface area contributed by atoms with E-state index in [2.05, 4.69) is 39.4 Å². The molecule has 1 aromatic rings. The summed E-state index contributed by atoms with van der Waals surface area (Å²) in [4.78, 5) is 18.4. The molecule has 0 aromatic heterocycles. The van der Waals surface area contributed by atoms with Crippen molar-refractivity contribution in [3.63, 3.8) is 0 Å². The first-order chi connectivity index (χ1) is 13.7. The summed E-state index contributed by atoms with van der Waals surface area (Å²) in [6.45, 7) is 4.62. The third-order valence-corrected chi connectivity index (χ3v) is 8.39. The molecule has 0 atom stereocenters. The smallest absolute Gasteiger partial charge is 0.230 e. The Bertz CT molecular complexity index is 710. The molecule has 1 amide bonds. The molecule has 150 valence electrons. The minimum Gasteiger partial charge on any atom is -0.369 e. The second kappa shape index (κ2) is 6.48. The van der Waals surface area contributed by atoms with Crippen molar-refractivity contribution in [3.05, 3.63) is 24.3 Å². The predicted molar refractivity (Wildman–Crippen MR) is 112 cm³/mol. The minimum atomic E-state index is -0.0629. The number of amides is 1. The lowest BCUT2D eigenvalue weighted by Crippen LogP contribution is -2.51. The topological polar surface area (TPSA) is 35.6 Å². The predicted octanol–water partition coefficient (Wildman–Crippen LogP) is 4.13. The van der Waals surface area contributed by atoms with Crippen molar-refractivity contribution in [1.29, 1.82) is 0 Å². The summed E-state index contributed by atoms with van der Waals surface area (Å²) in [6, 6.07) is 9.50. The van der Waals surface area contributed by atoms with Gasteiger partial charge in [-0.2, -0.15) is 0 Å². The van der Waals surface area contributed by atoms with Crippen LogP contribution in [0.2, 0.25) is 0 Å². The Labute approximate surface area is 168 Å². The van der Waals surface area contributed by atoms with Gasteiger partial charge in [0.15, 0.2) is 0 Å². The van der Waals surface area contributed by atoms with Gasteiger partial charge in [0.2, 0.25) is 5.91 Å². The largest absolute Gasteiger partial charge is 0.369 e. The molecule has 6 fully saturated rings. The van der Waals surface area contributed by atoms with Gasteiger partial charge in [-0.15, -0.1) is 0 Å². The highest BCUT2D eigenvalue weighted by atomic mass is 16.2. The van der Waals surface area contributed by atoms with Crippen molar-refractivity contribution in [2.24, 2.45) is 23.2 Å². The average molecular weight is 380 g/mol. The lowest BCUT2D eigenvalue weighted by atomic mass is 9.49. The highest BCUT2D eigenvalue weighted by Crippen LogP contribution is 2.60. The zero-order chi connectivity index (χ0) is 18.7. The summed E-state index contributed by atoms with van der Waals surface area (Å²) in [5, 5.41) is 3.29. The van der Waals surface area contributed by atoms with Crippen LogP contribution in [0.3, 0.4) is 0 Å². The van der Waals surface area contributed by atoms with E-state index in [0.717, 1.165) is 61.8 Å². The Balaban J connectivity index is 1.10. The Morgan fingerprint density at radius 1 is 0.857 bits per heavy atom. The normalized spacial score (nSPS) is 37.3. The summed E-state index contributed by atoms with van der Waals surface area (Å²) in [7, 11) is 0. The zero-order valence-electron chi connectivity index (χ0n) is 16.9. The summed E-state index contributed by atoms with van der Waals surface area (Å²) in [6.07, 6.45) is 10.4. The van der Waals surface area contributed by atoms with Crippen LogP contribution in [0.4, 0.5) is 11.4 Å². The molecule has 1 heterocycles. The second-order valence-electron chi connectivity index (χ2n) is 10.5. The van der Waals surface area contributed by atoms with E-state index < -0.39 is 0 Å². The molecule has 6 aliphatic rings. The summed E-state index contributed by atoms with van der Waals surface area (Å²) in [5.74, 6) is 2.74. The van der Waals surface area contributed by atoms with E-state index >= 15 is 0 Å². The van der Waals surface area contributed by atoms with Crippen LogP contribution in [-0.2, 0) is 4.79 Å². The van der Waals surface area contributed by atoms with Crippen molar-refractivity contribution >= 4 is 17.3 Å². The molecule has 1 saturated heterocycles. The van der Waals surface area contributed by atoms with Gasteiger partial charge in [-0.3, -0.25) is 9.69 Å². The lowest BCUT2D eigenvalue weighted by molar-refractivity contribution is -0.140. The second-order valence-corrected chi connectivity index (χ2v) is 10.5. The third kappa shape index (κ3) is 3.04.